The summed E-state index contributed by atoms with van der Waals surface area (Å²) in [5.74, 6) is -0.404. The van der Waals surface area contributed by atoms with Gasteiger partial charge < -0.3 is 9.64 Å². The number of fused-ring (bicyclic) bond motifs is 1. The maximum atomic E-state index is 12.6. The molecule has 104 valence electrons. The van der Waals surface area contributed by atoms with Gasteiger partial charge in [0.1, 0.15) is 0 Å². The van der Waals surface area contributed by atoms with E-state index >= 15 is 0 Å². The van der Waals surface area contributed by atoms with Crippen molar-refractivity contribution in [1.82, 2.24) is 4.90 Å². The Hall–Kier alpha value is -1.88. The third kappa shape index (κ3) is 2.18. The summed E-state index contributed by atoms with van der Waals surface area (Å²) in [6, 6.07) is 7.88. The molecule has 1 aliphatic rings. The molecule has 1 saturated heterocycles. The first-order valence-corrected chi connectivity index (χ1v) is 7.42. The molecule has 1 unspecified atom stereocenters. The minimum Gasteiger partial charge on any atom is -0.469 e. The summed E-state index contributed by atoms with van der Waals surface area (Å²) in [6.45, 7) is 1.07. The van der Waals surface area contributed by atoms with Crippen LogP contribution in [0.2, 0.25) is 0 Å². The van der Waals surface area contributed by atoms with E-state index in [0.717, 1.165) is 15.6 Å². The van der Waals surface area contributed by atoms with E-state index in [4.69, 9.17) is 4.74 Å². The van der Waals surface area contributed by atoms with E-state index in [0.29, 0.717) is 19.5 Å². The number of benzene rings is 1. The van der Waals surface area contributed by atoms with Crippen LogP contribution in [-0.4, -0.2) is 37.0 Å². The Bertz CT molecular complexity index is 664. The van der Waals surface area contributed by atoms with Crippen molar-refractivity contribution < 1.29 is 14.3 Å². The van der Waals surface area contributed by atoms with Crippen LogP contribution in [0, 0.1) is 5.92 Å². The third-order valence-corrected chi connectivity index (χ3v) is 4.68. The quantitative estimate of drug-likeness (QED) is 0.798. The molecular weight excluding hydrogens is 274 g/mol. The lowest BCUT2D eigenvalue weighted by molar-refractivity contribution is -0.144. The van der Waals surface area contributed by atoms with Crippen LogP contribution in [0.3, 0.4) is 0 Å². The van der Waals surface area contributed by atoms with Crippen LogP contribution in [0.1, 0.15) is 16.8 Å². The van der Waals surface area contributed by atoms with E-state index < -0.39 is 0 Å². The van der Waals surface area contributed by atoms with Gasteiger partial charge in [-0.1, -0.05) is 18.2 Å². The number of nitrogens with zero attached hydrogens (tertiary/aromatic N) is 1. The first kappa shape index (κ1) is 13.1. The number of carbonyl (C=O) groups is 2. The fourth-order valence-corrected chi connectivity index (χ4v) is 3.55. The summed E-state index contributed by atoms with van der Waals surface area (Å²) >= 11 is 1.57. The maximum absolute atomic E-state index is 12.6. The highest BCUT2D eigenvalue weighted by atomic mass is 32.1. The molecule has 1 fully saturated rings. The lowest BCUT2D eigenvalue weighted by Gasteiger charge is -2.15. The molecule has 0 aliphatic carbocycles. The Kier molecular flexibility index (Phi) is 3.44. The van der Waals surface area contributed by atoms with Gasteiger partial charge in [0, 0.05) is 28.6 Å². The Morgan fingerprint density at radius 1 is 1.35 bits per heavy atom. The topological polar surface area (TPSA) is 46.6 Å². The Morgan fingerprint density at radius 3 is 2.95 bits per heavy atom. The van der Waals surface area contributed by atoms with E-state index in [2.05, 4.69) is 0 Å². The lowest BCUT2D eigenvalue weighted by atomic mass is 10.1. The van der Waals surface area contributed by atoms with Gasteiger partial charge in [-0.3, -0.25) is 9.59 Å². The second kappa shape index (κ2) is 5.25. The molecule has 0 spiro atoms. The molecule has 0 bridgehead atoms. The van der Waals surface area contributed by atoms with Gasteiger partial charge in [0.05, 0.1) is 18.6 Å². The Labute approximate surface area is 120 Å². The molecule has 3 rings (SSSR count). The normalized spacial score (nSPS) is 18.4. The average Bonchev–Trinajstić information content (AvgIpc) is 3.12. The molecule has 1 amide bonds. The second-order valence-corrected chi connectivity index (χ2v) is 5.82. The zero-order valence-corrected chi connectivity index (χ0v) is 12.0. The minimum atomic E-state index is -0.226. The number of carbonyl (C=O) groups excluding carboxylic acids is 2. The van der Waals surface area contributed by atoms with Crippen LogP contribution < -0.4 is 0 Å². The molecule has 1 atom stereocenters. The number of likely N-dealkylation sites (tertiary alicyclic amines) is 1. The molecule has 2 aromatic rings. The van der Waals surface area contributed by atoms with Crippen molar-refractivity contribution in [3.05, 3.63) is 35.2 Å². The van der Waals surface area contributed by atoms with Gasteiger partial charge in [-0.25, -0.2) is 0 Å². The van der Waals surface area contributed by atoms with Gasteiger partial charge in [0.2, 0.25) is 0 Å². The fourth-order valence-electron chi connectivity index (χ4n) is 2.62. The summed E-state index contributed by atoms with van der Waals surface area (Å²) in [7, 11) is 1.39. The summed E-state index contributed by atoms with van der Waals surface area (Å²) in [5.41, 5.74) is 0.733. The van der Waals surface area contributed by atoms with E-state index in [1.54, 1.807) is 16.2 Å². The van der Waals surface area contributed by atoms with E-state index in [1.807, 2.05) is 29.6 Å². The number of rotatable bonds is 2. The average molecular weight is 289 g/mol. The number of methoxy groups -OCH3 is 1. The number of hydrogen-bond acceptors (Lipinski definition) is 4. The third-order valence-electron chi connectivity index (χ3n) is 3.72. The van der Waals surface area contributed by atoms with E-state index in [-0.39, 0.29) is 17.8 Å². The summed E-state index contributed by atoms with van der Waals surface area (Å²) in [4.78, 5) is 25.8. The van der Waals surface area contributed by atoms with Gasteiger partial charge >= 0.3 is 5.97 Å². The highest BCUT2D eigenvalue weighted by molar-refractivity contribution is 7.17. The number of thiophene rings is 1. The highest BCUT2D eigenvalue weighted by Gasteiger charge is 2.32. The second-order valence-electron chi connectivity index (χ2n) is 4.91. The summed E-state index contributed by atoms with van der Waals surface area (Å²) < 4.78 is 5.86. The molecule has 2 heterocycles. The van der Waals surface area contributed by atoms with Crippen LogP contribution >= 0.6 is 11.3 Å². The fraction of sp³-hybridized carbons (Fsp3) is 0.333. The van der Waals surface area contributed by atoms with Crippen LogP contribution in [0.15, 0.2) is 29.6 Å². The summed E-state index contributed by atoms with van der Waals surface area (Å²) in [6.07, 6.45) is 0.681. The van der Waals surface area contributed by atoms with Gasteiger partial charge in [0.25, 0.3) is 5.91 Å². The molecule has 0 N–H and O–H groups in total. The van der Waals surface area contributed by atoms with Crippen molar-refractivity contribution in [3.8, 4) is 0 Å². The number of amides is 1. The van der Waals surface area contributed by atoms with Crippen LogP contribution in [0.4, 0.5) is 0 Å². The standard InChI is InChI=1S/C15H15NO3S/c1-19-15(18)10-6-7-16(8-10)14(17)12-9-20-13-5-3-2-4-11(12)13/h2-5,9-10H,6-8H2,1H3. The van der Waals surface area contributed by atoms with Crippen molar-refractivity contribution in [1.29, 1.82) is 0 Å². The summed E-state index contributed by atoms with van der Waals surface area (Å²) in [5, 5.41) is 2.89. The highest BCUT2D eigenvalue weighted by Crippen LogP contribution is 2.28. The Morgan fingerprint density at radius 2 is 2.15 bits per heavy atom. The molecule has 1 aliphatic heterocycles. The first-order valence-electron chi connectivity index (χ1n) is 6.54. The van der Waals surface area contributed by atoms with Crippen molar-refractivity contribution in [2.75, 3.05) is 20.2 Å². The molecule has 4 nitrogen and oxygen atoms in total. The van der Waals surface area contributed by atoms with Gasteiger partial charge in [-0.05, 0) is 12.5 Å². The largest absolute Gasteiger partial charge is 0.469 e. The SMILES string of the molecule is COC(=O)C1CCN(C(=O)c2csc3ccccc23)C1. The zero-order valence-electron chi connectivity index (χ0n) is 11.2. The lowest BCUT2D eigenvalue weighted by Crippen LogP contribution is -2.30. The molecule has 1 aromatic carbocycles. The van der Waals surface area contributed by atoms with Crippen LogP contribution in [0.25, 0.3) is 10.1 Å². The predicted octanol–water partition coefficient (Wildman–Crippen LogP) is 2.54. The van der Waals surface area contributed by atoms with Crippen LogP contribution in [0.5, 0.6) is 0 Å². The number of hydrogen-bond donors (Lipinski definition) is 0. The van der Waals surface area contributed by atoms with Crippen molar-refractivity contribution in [2.24, 2.45) is 5.92 Å². The molecular formula is C15H15NO3S. The Balaban J connectivity index is 1.82. The molecule has 20 heavy (non-hydrogen) atoms. The van der Waals surface area contributed by atoms with Gasteiger partial charge in [-0.2, -0.15) is 0 Å². The minimum absolute atomic E-state index is 0.00820. The maximum Gasteiger partial charge on any atom is 0.310 e. The zero-order chi connectivity index (χ0) is 14.1. The van der Waals surface area contributed by atoms with Crippen molar-refractivity contribution in [2.45, 2.75) is 6.42 Å². The molecule has 5 heteroatoms. The van der Waals surface area contributed by atoms with Crippen molar-refractivity contribution in [3.63, 3.8) is 0 Å². The first-order chi connectivity index (χ1) is 9.70. The smallest absolute Gasteiger partial charge is 0.310 e. The van der Waals surface area contributed by atoms with Gasteiger partial charge in [0.15, 0.2) is 0 Å². The molecule has 0 saturated carbocycles. The molecule has 0 radical (unpaired) electrons. The predicted molar refractivity (Wildman–Crippen MR) is 77.9 cm³/mol. The number of ether oxygens (including phenoxy) is 1. The van der Waals surface area contributed by atoms with Gasteiger partial charge in [-0.15, -0.1) is 11.3 Å². The van der Waals surface area contributed by atoms with E-state index in [9.17, 15) is 9.59 Å². The number of esters is 1. The van der Waals surface area contributed by atoms with Crippen LogP contribution in [-0.2, 0) is 9.53 Å². The van der Waals surface area contributed by atoms with Crippen molar-refractivity contribution >= 4 is 33.3 Å². The monoisotopic (exact) mass is 289 g/mol. The molecule has 1 aromatic heterocycles. The van der Waals surface area contributed by atoms with E-state index in [1.165, 1.54) is 7.11 Å².